The van der Waals surface area contributed by atoms with Crippen molar-refractivity contribution in [2.24, 2.45) is 0 Å². The first-order valence-electron chi connectivity index (χ1n) is 6.23. The van der Waals surface area contributed by atoms with E-state index in [1.54, 1.807) is 13.0 Å². The van der Waals surface area contributed by atoms with Gasteiger partial charge in [0, 0.05) is 17.7 Å². The van der Waals surface area contributed by atoms with Crippen LogP contribution in [0.15, 0.2) is 18.2 Å². The zero-order valence-corrected chi connectivity index (χ0v) is 12.0. The lowest BCUT2D eigenvalue weighted by molar-refractivity contribution is -0.385. The van der Waals surface area contributed by atoms with E-state index < -0.39 is 11.0 Å². The average Bonchev–Trinajstić information content (AvgIpc) is 2.38. The molecule has 0 radical (unpaired) electrons. The van der Waals surface area contributed by atoms with Crippen molar-refractivity contribution in [1.82, 2.24) is 0 Å². The molecule has 0 bridgehead atoms. The standard InChI is InChI=1S/C13H19NO4S/c1-3-19-8-4-7-18-13-6-5-11(14(16)17)9-12(13)10(2)15/h5-6,9-10,15H,3-4,7-8H2,1-2H3/t10-/m0/s1. The van der Waals surface area contributed by atoms with Gasteiger partial charge >= 0.3 is 0 Å². The fraction of sp³-hybridized carbons (Fsp3) is 0.538. The topological polar surface area (TPSA) is 72.6 Å². The molecule has 1 rings (SSSR count). The summed E-state index contributed by atoms with van der Waals surface area (Å²) in [4.78, 5) is 10.2. The summed E-state index contributed by atoms with van der Waals surface area (Å²) in [6.45, 7) is 4.22. The monoisotopic (exact) mass is 285 g/mol. The average molecular weight is 285 g/mol. The van der Waals surface area contributed by atoms with E-state index in [9.17, 15) is 15.2 Å². The van der Waals surface area contributed by atoms with Crippen molar-refractivity contribution >= 4 is 17.4 Å². The predicted octanol–water partition coefficient (Wildman–Crippen LogP) is 3.17. The van der Waals surface area contributed by atoms with Crippen LogP contribution in [0.3, 0.4) is 0 Å². The molecule has 0 aliphatic heterocycles. The number of nitro benzene ring substituents is 1. The van der Waals surface area contributed by atoms with Crippen LogP contribution in [0.25, 0.3) is 0 Å². The van der Waals surface area contributed by atoms with Crippen molar-refractivity contribution in [2.75, 3.05) is 18.1 Å². The summed E-state index contributed by atoms with van der Waals surface area (Å²) in [7, 11) is 0. The van der Waals surface area contributed by atoms with E-state index in [1.165, 1.54) is 12.1 Å². The van der Waals surface area contributed by atoms with E-state index in [0.717, 1.165) is 17.9 Å². The fourth-order valence-electron chi connectivity index (χ4n) is 1.59. The van der Waals surface area contributed by atoms with Crippen molar-refractivity contribution in [3.05, 3.63) is 33.9 Å². The molecule has 0 unspecified atom stereocenters. The Morgan fingerprint density at radius 1 is 1.53 bits per heavy atom. The van der Waals surface area contributed by atoms with Crippen molar-refractivity contribution in [1.29, 1.82) is 0 Å². The third kappa shape index (κ3) is 5.08. The van der Waals surface area contributed by atoms with Gasteiger partial charge < -0.3 is 9.84 Å². The second-order valence-electron chi connectivity index (χ2n) is 4.05. The van der Waals surface area contributed by atoms with E-state index in [0.29, 0.717) is 17.9 Å². The van der Waals surface area contributed by atoms with Crippen molar-refractivity contribution in [2.45, 2.75) is 26.4 Å². The minimum absolute atomic E-state index is 0.0372. The molecular formula is C13H19NO4S. The molecule has 6 heteroatoms. The van der Waals surface area contributed by atoms with Crippen LogP contribution in [0.2, 0.25) is 0 Å². The van der Waals surface area contributed by atoms with Gasteiger partial charge in [0.1, 0.15) is 5.75 Å². The zero-order valence-electron chi connectivity index (χ0n) is 11.2. The van der Waals surface area contributed by atoms with Crippen LogP contribution in [-0.4, -0.2) is 28.1 Å². The highest BCUT2D eigenvalue weighted by Crippen LogP contribution is 2.29. The molecule has 0 saturated carbocycles. The zero-order chi connectivity index (χ0) is 14.3. The number of rotatable bonds is 8. The number of hydrogen-bond donors (Lipinski definition) is 1. The largest absolute Gasteiger partial charge is 0.493 e. The maximum atomic E-state index is 10.7. The molecular weight excluding hydrogens is 266 g/mol. The smallest absolute Gasteiger partial charge is 0.270 e. The molecule has 106 valence electrons. The van der Waals surface area contributed by atoms with Gasteiger partial charge in [0.05, 0.1) is 17.6 Å². The molecule has 1 atom stereocenters. The lowest BCUT2D eigenvalue weighted by Gasteiger charge is -2.13. The van der Waals surface area contributed by atoms with Crippen LogP contribution in [0.5, 0.6) is 5.75 Å². The third-order valence-electron chi connectivity index (χ3n) is 2.55. The molecule has 0 aliphatic carbocycles. The van der Waals surface area contributed by atoms with E-state index in [2.05, 4.69) is 6.92 Å². The van der Waals surface area contributed by atoms with Crippen molar-refractivity contribution < 1.29 is 14.8 Å². The maximum absolute atomic E-state index is 10.7. The number of thioether (sulfide) groups is 1. The molecule has 0 heterocycles. The number of hydrogen-bond acceptors (Lipinski definition) is 5. The first-order valence-corrected chi connectivity index (χ1v) is 7.38. The molecule has 0 saturated heterocycles. The minimum Gasteiger partial charge on any atom is -0.493 e. The minimum atomic E-state index is -0.792. The number of aliphatic hydroxyl groups excluding tert-OH is 1. The Labute approximate surface area is 117 Å². The van der Waals surface area contributed by atoms with Gasteiger partial charge in [-0.25, -0.2) is 0 Å². The van der Waals surface area contributed by atoms with Gasteiger partial charge in [-0.3, -0.25) is 10.1 Å². The molecule has 0 amide bonds. The lowest BCUT2D eigenvalue weighted by atomic mass is 10.1. The summed E-state index contributed by atoms with van der Waals surface area (Å²) in [5, 5.41) is 20.3. The molecule has 0 spiro atoms. The van der Waals surface area contributed by atoms with Crippen LogP contribution < -0.4 is 4.74 Å². The van der Waals surface area contributed by atoms with Gasteiger partial charge in [-0.2, -0.15) is 11.8 Å². The predicted molar refractivity (Wildman–Crippen MR) is 76.8 cm³/mol. The number of non-ortho nitro benzene ring substituents is 1. The highest BCUT2D eigenvalue weighted by Gasteiger charge is 2.15. The quantitative estimate of drug-likeness (QED) is 0.451. The maximum Gasteiger partial charge on any atom is 0.270 e. The summed E-state index contributed by atoms with van der Waals surface area (Å²) < 4.78 is 5.58. The van der Waals surface area contributed by atoms with Gasteiger partial charge in [-0.05, 0) is 30.9 Å². The molecule has 0 fully saturated rings. The van der Waals surface area contributed by atoms with Crippen LogP contribution in [0.4, 0.5) is 5.69 Å². The Kier molecular flexibility index (Phi) is 6.66. The van der Waals surface area contributed by atoms with Crippen molar-refractivity contribution in [3.8, 4) is 5.75 Å². The van der Waals surface area contributed by atoms with Crippen LogP contribution in [0, 0.1) is 10.1 Å². The number of nitro groups is 1. The van der Waals surface area contributed by atoms with Crippen molar-refractivity contribution in [3.63, 3.8) is 0 Å². The van der Waals surface area contributed by atoms with Gasteiger partial charge in [0.15, 0.2) is 0 Å². The number of nitrogens with zero attached hydrogens (tertiary/aromatic N) is 1. The molecule has 1 aromatic carbocycles. The van der Waals surface area contributed by atoms with E-state index in [4.69, 9.17) is 4.74 Å². The second kappa shape index (κ2) is 8.01. The summed E-state index contributed by atoms with van der Waals surface area (Å²) in [6.07, 6.45) is 0.120. The highest BCUT2D eigenvalue weighted by atomic mass is 32.2. The lowest BCUT2D eigenvalue weighted by Crippen LogP contribution is -2.04. The van der Waals surface area contributed by atoms with Gasteiger partial charge in [-0.15, -0.1) is 0 Å². The number of ether oxygens (including phenoxy) is 1. The van der Waals surface area contributed by atoms with Gasteiger partial charge in [-0.1, -0.05) is 6.92 Å². The first kappa shape index (κ1) is 15.8. The Morgan fingerprint density at radius 3 is 2.84 bits per heavy atom. The molecule has 1 aromatic rings. The van der Waals surface area contributed by atoms with Crippen LogP contribution >= 0.6 is 11.8 Å². The summed E-state index contributed by atoms with van der Waals surface area (Å²) >= 11 is 1.84. The summed E-state index contributed by atoms with van der Waals surface area (Å²) in [5.41, 5.74) is 0.419. The second-order valence-corrected chi connectivity index (χ2v) is 5.45. The Bertz CT molecular complexity index is 423. The summed E-state index contributed by atoms with van der Waals surface area (Å²) in [5.74, 6) is 2.62. The first-order chi connectivity index (χ1) is 9.06. The normalized spacial score (nSPS) is 12.2. The Morgan fingerprint density at radius 2 is 2.26 bits per heavy atom. The van der Waals surface area contributed by atoms with Gasteiger partial charge in [0.25, 0.3) is 5.69 Å². The molecule has 0 aromatic heterocycles. The Hall–Kier alpha value is -1.27. The molecule has 1 N–H and O–H groups in total. The Balaban J connectivity index is 2.69. The number of aliphatic hydroxyl groups is 1. The molecule has 0 aliphatic rings. The van der Waals surface area contributed by atoms with E-state index in [1.807, 2.05) is 11.8 Å². The fourth-order valence-corrected chi connectivity index (χ4v) is 2.21. The van der Waals surface area contributed by atoms with Crippen LogP contribution in [-0.2, 0) is 0 Å². The van der Waals surface area contributed by atoms with E-state index >= 15 is 0 Å². The molecule has 5 nitrogen and oxygen atoms in total. The molecule has 19 heavy (non-hydrogen) atoms. The van der Waals surface area contributed by atoms with Gasteiger partial charge in [0.2, 0.25) is 0 Å². The van der Waals surface area contributed by atoms with Crippen LogP contribution in [0.1, 0.15) is 31.9 Å². The SMILES string of the molecule is CCSCCCOc1ccc([N+](=O)[O-])cc1[C@H](C)O. The van der Waals surface area contributed by atoms with E-state index in [-0.39, 0.29) is 5.69 Å². The number of benzene rings is 1. The highest BCUT2D eigenvalue weighted by molar-refractivity contribution is 7.99. The summed E-state index contributed by atoms with van der Waals surface area (Å²) in [6, 6.07) is 4.30. The third-order valence-corrected chi connectivity index (χ3v) is 3.53.